The van der Waals surface area contributed by atoms with E-state index in [2.05, 4.69) is 10.5 Å². The average molecular weight is 377 g/mol. The molecule has 1 aliphatic heterocycles. The molecule has 0 saturated carbocycles. The number of rotatable bonds is 4. The minimum absolute atomic E-state index is 0.0269. The Bertz CT molecular complexity index is 951. The molecule has 2 aromatic rings. The number of nitrogens with zero attached hydrogens (tertiary/aromatic N) is 2. The summed E-state index contributed by atoms with van der Waals surface area (Å²) in [7, 11) is -1.50. The molecule has 2 amide bonds. The summed E-state index contributed by atoms with van der Waals surface area (Å²) in [6.45, 7) is 1.71. The summed E-state index contributed by atoms with van der Waals surface area (Å²) in [4.78, 5) is 26.4. The van der Waals surface area contributed by atoms with Crippen LogP contribution in [0.5, 0.6) is 0 Å². The Morgan fingerprint density at radius 2 is 2.00 bits per heavy atom. The van der Waals surface area contributed by atoms with Gasteiger partial charge in [-0.2, -0.15) is 0 Å². The number of carbonyl (C=O) groups is 2. The van der Waals surface area contributed by atoms with Crippen molar-refractivity contribution >= 4 is 27.5 Å². The Balaban J connectivity index is 1.74. The maximum Gasteiger partial charge on any atom is 0.256 e. The summed E-state index contributed by atoms with van der Waals surface area (Å²) in [6.07, 6.45) is 0.427. The van der Waals surface area contributed by atoms with Gasteiger partial charge in [0.1, 0.15) is 5.76 Å². The number of aryl methyl sites for hydroxylation is 1. The van der Waals surface area contributed by atoms with Gasteiger partial charge in [0.25, 0.3) is 11.8 Å². The molecule has 0 bridgehead atoms. The zero-order chi connectivity index (χ0) is 18.9. The Morgan fingerprint density at radius 1 is 1.27 bits per heavy atom. The highest BCUT2D eigenvalue weighted by Gasteiger charge is 2.33. The molecule has 1 atom stereocenters. The van der Waals surface area contributed by atoms with Gasteiger partial charge in [-0.3, -0.25) is 9.59 Å². The summed E-state index contributed by atoms with van der Waals surface area (Å²) in [5.41, 5.74) is 0.615. The second kappa shape index (κ2) is 6.91. The lowest BCUT2D eigenvalue weighted by molar-refractivity contribution is 0.0747. The fourth-order valence-electron chi connectivity index (χ4n) is 2.86. The van der Waals surface area contributed by atoms with E-state index in [-0.39, 0.29) is 29.3 Å². The number of benzene rings is 1. The van der Waals surface area contributed by atoms with Gasteiger partial charge in [0.15, 0.2) is 15.7 Å². The number of sulfone groups is 1. The number of hydrogen-bond acceptors (Lipinski definition) is 6. The molecule has 8 nitrogen and oxygen atoms in total. The van der Waals surface area contributed by atoms with Crippen LogP contribution in [0.3, 0.4) is 0 Å². The quantitative estimate of drug-likeness (QED) is 0.865. The van der Waals surface area contributed by atoms with Crippen molar-refractivity contribution in [3.8, 4) is 0 Å². The number of nitrogens with one attached hydrogen (secondary N) is 1. The van der Waals surface area contributed by atoms with Crippen LogP contribution in [0.4, 0.5) is 5.82 Å². The van der Waals surface area contributed by atoms with Crippen molar-refractivity contribution in [2.24, 2.45) is 0 Å². The Hall–Kier alpha value is -2.68. The first-order valence-corrected chi connectivity index (χ1v) is 9.89. The van der Waals surface area contributed by atoms with Crippen molar-refractivity contribution in [1.82, 2.24) is 10.1 Å². The fraction of sp³-hybridized carbons (Fsp3) is 0.353. The van der Waals surface area contributed by atoms with Gasteiger partial charge < -0.3 is 14.7 Å². The molecule has 3 rings (SSSR count). The van der Waals surface area contributed by atoms with E-state index in [0.717, 1.165) is 0 Å². The van der Waals surface area contributed by atoms with Gasteiger partial charge in [-0.05, 0) is 31.5 Å². The molecule has 1 aromatic heterocycles. The van der Waals surface area contributed by atoms with E-state index >= 15 is 0 Å². The largest absolute Gasteiger partial charge is 0.360 e. The lowest BCUT2D eigenvalue weighted by Gasteiger charge is -2.23. The van der Waals surface area contributed by atoms with Crippen LogP contribution in [0.25, 0.3) is 0 Å². The Morgan fingerprint density at radius 3 is 2.62 bits per heavy atom. The van der Waals surface area contributed by atoms with Gasteiger partial charge in [0.05, 0.1) is 11.5 Å². The first-order valence-electron chi connectivity index (χ1n) is 8.07. The SMILES string of the molecule is Cc1cc(NC(=O)c2cccc(C(=O)N(C)C3CCS(=O)(=O)C3)c2)no1. The predicted octanol–water partition coefficient (Wildman–Crippen LogP) is 1.49. The number of carbonyl (C=O) groups excluding carboxylic acids is 2. The molecule has 1 unspecified atom stereocenters. The first kappa shape index (κ1) is 18.1. The number of hydrogen-bond donors (Lipinski definition) is 1. The van der Waals surface area contributed by atoms with E-state index in [1.54, 1.807) is 38.2 Å². The fourth-order valence-corrected chi connectivity index (χ4v) is 4.63. The molecule has 0 spiro atoms. The van der Waals surface area contributed by atoms with Crippen LogP contribution < -0.4 is 5.32 Å². The smallest absolute Gasteiger partial charge is 0.256 e. The zero-order valence-electron chi connectivity index (χ0n) is 14.4. The molecule has 138 valence electrons. The monoisotopic (exact) mass is 377 g/mol. The summed E-state index contributed by atoms with van der Waals surface area (Å²) >= 11 is 0. The minimum atomic E-state index is -3.08. The van der Waals surface area contributed by atoms with Gasteiger partial charge in [-0.25, -0.2) is 8.42 Å². The molecule has 0 aliphatic carbocycles. The number of amides is 2. The minimum Gasteiger partial charge on any atom is -0.360 e. The van der Waals surface area contributed by atoms with Crippen LogP contribution in [0.2, 0.25) is 0 Å². The maximum absolute atomic E-state index is 12.7. The lowest BCUT2D eigenvalue weighted by atomic mass is 10.1. The second-order valence-corrected chi connectivity index (χ2v) is 8.56. The Kier molecular flexibility index (Phi) is 4.82. The number of aromatic nitrogens is 1. The molecular formula is C17H19N3O5S. The van der Waals surface area contributed by atoms with Gasteiger partial charge >= 0.3 is 0 Å². The molecule has 9 heteroatoms. The highest BCUT2D eigenvalue weighted by atomic mass is 32.2. The summed E-state index contributed by atoms with van der Waals surface area (Å²) in [5.74, 6) is 0.184. The predicted molar refractivity (Wildman–Crippen MR) is 94.8 cm³/mol. The molecule has 1 N–H and O–H groups in total. The summed E-state index contributed by atoms with van der Waals surface area (Å²) in [6, 6.07) is 7.50. The zero-order valence-corrected chi connectivity index (χ0v) is 15.2. The van der Waals surface area contributed by atoms with Crippen LogP contribution in [-0.4, -0.2) is 54.9 Å². The third kappa shape index (κ3) is 3.93. The Labute approximate surface area is 151 Å². The van der Waals surface area contributed by atoms with Crippen molar-refractivity contribution in [3.63, 3.8) is 0 Å². The summed E-state index contributed by atoms with van der Waals surface area (Å²) in [5, 5.41) is 6.29. The van der Waals surface area contributed by atoms with E-state index in [0.29, 0.717) is 23.3 Å². The second-order valence-electron chi connectivity index (χ2n) is 6.33. The van der Waals surface area contributed by atoms with E-state index in [1.165, 1.54) is 11.0 Å². The van der Waals surface area contributed by atoms with Gasteiger partial charge in [-0.1, -0.05) is 11.2 Å². The van der Waals surface area contributed by atoms with Crippen molar-refractivity contribution in [1.29, 1.82) is 0 Å². The molecule has 1 fully saturated rings. The molecule has 1 saturated heterocycles. The molecule has 26 heavy (non-hydrogen) atoms. The van der Waals surface area contributed by atoms with Crippen LogP contribution in [-0.2, 0) is 9.84 Å². The highest BCUT2D eigenvalue weighted by Crippen LogP contribution is 2.19. The molecule has 1 aliphatic rings. The molecular weight excluding hydrogens is 358 g/mol. The van der Waals surface area contributed by atoms with E-state index in [1.807, 2.05) is 0 Å². The average Bonchev–Trinajstić information content (AvgIpc) is 3.18. The third-order valence-corrected chi connectivity index (χ3v) is 6.07. The molecule has 0 radical (unpaired) electrons. The van der Waals surface area contributed by atoms with E-state index in [4.69, 9.17) is 4.52 Å². The lowest BCUT2D eigenvalue weighted by Crippen LogP contribution is -2.37. The normalized spacial score (nSPS) is 18.5. The highest BCUT2D eigenvalue weighted by molar-refractivity contribution is 7.91. The standard InChI is InChI=1S/C17H19N3O5S/c1-11-8-15(19-25-11)18-16(21)12-4-3-5-13(9-12)17(22)20(2)14-6-7-26(23,24)10-14/h3-5,8-9,14H,6-7,10H2,1-2H3,(H,18,19,21). The van der Waals surface area contributed by atoms with Crippen molar-refractivity contribution in [3.05, 3.63) is 47.2 Å². The van der Waals surface area contributed by atoms with Crippen LogP contribution in [0.15, 0.2) is 34.9 Å². The van der Waals surface area contributed by atoms with Crippen LogP contribution >= 0.6 is 0 Å². The maximum atomic E-state index is 12.7. The number of anilines is 1. The summed E-state index contributed by atoms with van der Waals surface area (Å²) < 4.78 is 28.1. The van der Waals surface area contributed by atoms with Crippen molar-refractivity contribution in [2.45, 2.75) is 19.4 Å². The van der Waals surface area contributed by atoms with Gasteiger partial charge in [0.2, 0.25) is 0 Å². The topological polar surface area (TPSA) is 110 Å². The van der Waals surface area contributed by atoms with Crippen LogP contribution in [0.1, 0.15) is 32.9 Å². The van der Waals surface area contributed by atoms with Crippen LogP contribution in [0, 0.1) is 6.92 Å². The van der Waals surface area contributed by atoms with Crippen molar-refractivity contribution < 1.29 is 22.5 Å². The molecule has 2 heterocycles. The molecule has 1 aromatic carbocycles. The third-order valence-electron chi connectivity index (χ3n) is 4.32. The van der Waals surface area contributed by atoms with Crippen molar-refractivity contribution in [2.75, 3.05) is 23.9 Å². The van der Waals surface area contributed by atoms with Gasteiger partial charge in [-0.15, -0.1) is 0 Å². The van der Waals surface area contributed by atoms with Gasteiger partial charge in [0, 0.05) is 30.3 Å². The van der Waals surface area contributed by atoms with E-state index < -0.39 is 15.7 Å². The first-order chi connectivity index (χ1) is 12.2. The van der Waals surface area contributed by atoms with E-state index in [9.17, 15) is 18.0 Å².